The van der Waals surface area contributed by atoms with Crippen LogP contribution in [0, 0.1) is 6.92 Å². The average molecular weight is 207 g/mol. The summed E-state index contributed by atoms with van der Waals surface area (Å²) in [5.41, 5.74) is 8.36. The number of nitrogens with two attached hydrogens (primary N) is 1. The molecule has 0 saturated carbocycles. The molecule has 15 heavy (non-hydrogen) atoms. The van der Waals surface area contributed by atoms with Gasteiger partial charge in [-0.05, 0) is 37.1 Å². The number of aryl methyl sites for hydroxylation is 1. The molecular formula is C13H21NO. The Bertz CT molecular complexity index is 331. The zero-order chi connectivity index (χ0) is 11.5. The minimum atomic E-state index is 0.0365. The van der Waals surface area contributed by atoms with E-state index in [1.165, 1.54) is 11.1 Å². The molecule has 0 spiro atoms. The highest BCUT2D eigenvalue weighted by atomic mass is 16.5. The van der Waals surface area contributed by atoms with Gasteiger partial charge in [0, 0.05) is 12.0 Å². The van der Waals surface area contributed by atoms with Crippen LogP contribution in [-0.2, 0) is 5.41 Å². The van der Waals surface area contributed by atoms with Crippen LogP contribution >= 0.6 is 0 Å². The van der Waals surface area contributed by atoms with E-state index in [1.807, 2.05) is 13.0 Å². The van der Waals surface area contributed by atoms with Gasteiger partial charge in [-0.15, -0.1) is 0 Å². The quantitative estimate of drug-likeness (QED) is 0.823. The van der Waals surface area contributed by atoms with E-state index < -0.39 is 0 Å². The molecule has 0 heterocycles. The lowest BCUT2D eigenvalue weighted by atomic mass is 9.82. The van der Waals surface area contributed by atoms with Gasteiger partial charge in [0.2, 0.25) is 0 Å². The molecular weight excluding hydrogens is 186 g/mol. The van der Waals surface area contributed by atoms with Gasteiger partial charge in [0.25, 0.3) is 0 Å². The van der Waals surface area contributed by atoms with Crippen LogP contribution in [0.3, 0.4) is 0 Å². The summed E-state index contributed by atoms with van der Waals surface area (Å²) in [5.74, 6) is 0.937. The summed E-state index contributed by atoms with van der Waals surface area (Å²) >= 11 is 0. The molecule has 0 radical (unpaired) electrons. The molecule has 0 aliphatic carbocycles. The summed E-state index contributed by atoms with van der Waals surface area (Å²) in [6.45, 7) is 9.79. The SMILES string of the molecule is CCOc1ccc(C(C)(C)CN)c(C)c1. The van der Waals surface area contributed by atoms with Crippen molar-refractivity contribution < 1.29 is 4.74 Å². The maximum atomic E-state index is 5.77. The molecule has 0 bridgehead atoms. The second-order valence-electron chi connectivity index (χ2n) is 4.50. The van der Waals surface area contributed by atoms with Crippen LogP contribution in [0.4, 0.5) is 0 Å². The lowest BCUT2D eigenvalue weighted by molar-refractivity contribution is 0.339. The van der Waals surface area contributed by atoms with Crippen molar-refractivity contribution in [3.8, 4) is 5.75 Å². The number of hydrogen-bond acceptors (Lipinski definition) is 2. The first-order valence-electron chi connectivity index (χ1n) is 5.45. The van der Waals surface area contributed by atoms with Crippen LogP contribution in [0.5, 0.6) is 5.75 Å². The average Bonchev–Trinajstić information content (AvgIpc) is 2.18. The number of ether oxygens (including phenoxy) is 1. The fourth-order valence-corrected chi connectivity index (χ4v) is 1.76. The maximum Gasteiger partial charge on any atom is 0.119 e. The van der Waals surface area contributed by atoms with Crippen molar-refractivity contribution in [3.05, 3.63) is 29.3 Å². The van der Waals surface area contributed by atoms with Gasteiger partial charge < -0.3 is 10.5 Å². The Hall–Kier alpha value is -1.02. The van der Waals surface area contributed by atoms with Crippen molar-refractivity contribution in [3.63, 3.8) is 0 Å². The molecule has 2 nitrogen and oxygen atoms in total. The normalized spacial score (nSPS) is 11.5. The summed E-state index contributed by atoms with van der Waals surface area (Å²) < 4.78 is 5.46. The molecule has 0 aromatic heterocycles. The Morgan fingerprint density at radius 3 is 2.47 bits per heavy atom. The van der Waals surface area contributed by atoms with E-state index in [9.17, 15) is 0 Å². The Balaban J connectivity index is 3.03. The summed E-state index contributed by atoms with van der Waals surface area (Å²) in [4.78, 5) is 0. The first-order chi connectivity index (χ1) is 7.01. The van der Waals surface area contributed by atoms with E-state index in [0.29, 0.717) is 13.2 Å². The molecule has 2 heteroatoms. The number of hydrogen-bond donors (Lipinski definition) is 1. The number of rotatable bonds is 4. The minimum Gasteiger partial charge on any atom is -0.494 e. The topological polar surface area (TPSA) is 35.2 Å². The summed E-state index contributed by atoms with van der Waals surface area (Å²) in [6.07, 6.45) is 0. The van der Waals surface area contributed by atoms with E-state index in [0.717, 1.165) is 5.75 Å². The molecule has 0 saturated heterocycles. The predicted octanol–water partition coefficient (Wildman–Crippen LogP) is 2.63. The van der Waals surface area contributed by atoms with E-state index in [-0.39, 0.29) is 5.41 Å². The van der Waals surface area contributed by atoms with Gasteiger partial charge in [0.1, 0.15) is 5.75 Å². The lowest BCUT2D eigenvalue weighted by Gasteiger charge is -2.25. The molecule has 0 amide bonds. The van der Waals surface area contributed by atoms with Crippen molar-refractivity contribution >= 4 is 0 Å². The van der Waals surface area contributed by atoms with Crippen molar-refractivity contribution in [1.29, 1.82) is 0 Å². The van der Waals surface area contributed by atoms with Crippen molar-refractivity contribution in [2.45, 2.75) is 33.1 Å². The van der Waals surface area contributed by atoms with Crippen LogP contribution in [0.2, 0.25) is 0 Å². The predicted molar refractivity (Wildman–Crippen MR) is 64.4 cm³/mol. The van der Waals surface area contributed by atoms with Crippen LogP contribution in [-0.4, -0.2) is 13.2 Å². The Labute approximate surface area is 92.4 Å². The fourth-order valence-electron chi connectivity index (χ4n) is 1.76. The van der Waals surface area contributed by atoms with E-state index in [2.05, 4.69) is 32.9 Å². The largest absolute Gasteiger partial charge is 0.494 e. The third-order valence-electron chi connectivity index (χ3n) is 2.75. The molecule has 1 aromatic rings. The van der Waals surface area contributed by atoms with Crippen molar-refractivity contribution in [2.24, 2.45) is 5.73 Å². The smallest absolute Gasteiger partial charge is 0.119 e. The first kappa shape index (κ1) is 12.1. The third kappa shape index (κ3) is 2.72. The summed E-state index contributed by atoms with van der Waals surface area (Å²) in [5, 5.41) is 0. The van der Waals surface area contributed by atoms with Gasteiger partial charge >= 0.3 is 0 Å². The monoisotopic (exact) mass is 207 g/mol. The highest BCUT2D eigenvalue weighted by Crippen LogP contribution is 2.27. The fraction of sp³-hybridized carbons (Fsp3) is 0.538. The molecule has 0 aliphatic rings. The highest BCUT2D eigenvalue weighted by molar-refractivity contribution is 5.39. The van der Waals surface area contributed by atoms with Gasteiger partial charge in [-0.2, -0.15) is 0 Å². The second-order valence-corrected chi connectivity index (χ2v) is 4.50. The maximum absolute atomic E-state index is 5.77. The van der Waals surface area contributed by atoms with Crippen LogP contribution < -0.4 is 10.5 Å². The third-order valence-corrected chi connectivity index (χ3v) is 2.75. The summed E-state index contributed by atoms with van der Waals surface area (Å²) in [6, 6.07) is 6.21. The second kappa shape index (κ2) is 4.67. The van der Waals surface area contributed by atoms with E-state index >= 15 is 0 Å². The van der Waals surface area contributed by atoms with Crippen molar-refractivity contribution in [1.82, 2.24) is 0 Å². The van der Waals surface area contributed by atoms with Gasteiger partial charge in [-0.25, -0.2) is 0 Å². The molecule has 0 aliphatic heterocycles. The van der Waals surface area contributed by atoms with E-state index in [4.69, 9.17) is 10.5 Å². The van der Waals surface area contributed by atoms with Crippen LogP contribution in [0.1, 0.15) is 31.9 Å². The molecule has 0 atom stereocenters. The Kier molecular flexibility index (Phi) is 3.75. The molecule has 1 aromatic carbocycles. The van der Waals surface area contributed by atoms with Crippen LogP contribution in [0.15, 0.2) is 18.2 Å². The first-order valence-corrected chi connectivity index (χ1v) is 5.45. The van der Waals surface area contributed by atoms with Gasteiger partial charge in [0.15, 0.2) is 0 Å². The zero-order valence-electron chi connectivity index (χ0n) is 10.1. The Morgan fingerprint density at radius 2 is 2.00 bits per heavy atom. The van der Waals surface area contributed by atoms with Crippen molar-refractivity contribution in [2.75, 3.05) is 13.2 Å². The zero-order valence-corrected chi connectivity index (χ0v) is 10.1. The lowest BCUT2D eigenvalue weighted by Crippen LogP contribution is -2.28. The highest BCUT2D eigenvalue weighted by Gasteiger charge is 2.20. The molecule has 0 unspecified atom stereocenters. The number of benzene rings is 1. The minimum absolute atomic E-state index is 0.0365. The summed E-state index contributed by atoms with van der Waals surface area (Å²) in [7, 11) is 0. The standard InChI is InChI=1S/C13H21NO/c1-5-15-11-6-7-12(10(2)8-11)13(3,4)9-14/h6-8H,5,9,14H2,1-4H3. The molecule has 0 fully saturated rings. The van der Waals surface area contributed by atoms with Crippen LogP contribution in [0.25, 0.3) is 0 Å². The van der Waals surface area contributed by atoms with Gasteiger partial charge in [0.05, 0.1) is 6.61 Å². The van der Waals surface area contributed by atoms with Gasteiger partial charge in [-0.3, -0.25) is 0 Å². The Morgan fingerprint density at radius 1 is 1.33 bits per heavy atom. The molecule has 1 rings (SSSR count). The van der Waals surface area contributed by atoms with Gasteiger partial charge in [-0.1, -0.05) is 19.9 Å². The molecule has 84 valence electrons. The van der Waals surface area contributed by atoms with E-state index in [1.54, 1.807) is 0 Å². The molecule has 2 N–H and O–H groups in total.